The molecule has 0 aliphatic heterocycles. The first kappa shape index (κ1) is 10.3. The molecule has 1 aromatic carbocycles. The van der Waals surface area contributed by atoms with Crippen LogP contribution in [-0.2, 0) is 0 Å². The van der Waals surface area contributed by atoms with Gasteiger partial charge in [0.25, 0.3) is 0 Å². The zero-order valence-corrected chi connectivity index (χ0v) is 8.96. The Morgan fingerprint density at radius 1 is 1.53 bits per heavy atom. The van der Waals surface area contributed by atoms with E-state index in [2.05, 4.69) is 12.0 Å². The molecule has 0 bridgehead atoms. The van der Waals surface area contributed by atoms with E-state index in [0.29, 0.717) is 5.92 Å². The second kappa shape index (κ2) is 4.08. The van der Waals surface area contributed by atoms with Crippen LogP contribution in [0.2, 0.25) is 0 Å². The van der Waals surface area contributed by atoms with Crippen LogP contribution < -0.4 is 0 Å². The lowest BCUT2D eigenvalue weighted by Gasteiger charge is -2.13. The summed E-state index contributed by atoms with van der Waals surface area (Å²) >= 11 is 0. The number of hydrogen-bond acceptors (Lipinski definition) is 1. The van der Waals surface area contributed by atoms with Crippen molar-refractivity contribution >= 4 is 0 Å². The largest absolute Gasteiger partial charge is 0.395 e. The second-order valence-corrected chi connectivity index (χ2v) is 4.13. The van der Waals surface area contributed by atoms with E-state index >= 15 is 0 Å². The van der Waals surface area contributed by atoms with Crippen LogP contribution in [0.15, 0.2) is 18.2 Å². The summed E-state index contributed by atoms with van der Waals surface area (Å²) in [4.78, 5) is 0. The van der Waals surface area contributed by atoms with Gasteiger partial charge in [0.15, 0.2) is 0 Å². The molecule has 1 radical (unpaired) electrons. The molecule has 1 aromatic rings. The van der Waals surface area contributed by atoms with Crippen molar-refractivity contribution < 1.29 is 5.11 Å². The van der Waals surface area contributed by atoms with E-state index in [1.165, 1.54) is 18.4 Å². The maximum atomic E-state index is 9.15. The Morgan fingerprint density at radius 2 is 2.27 bits per heavy atom. The number of terminal acetylenes is 1. The zero-order valence-electron chi connectivity index (χ0n) is 8.96. The standard InChI is InChI=1S/C14H15O/c1-3-12-13(10(2)9-15)5-4-6-14(12)11-7-8-11/h1,4-6,11,15H,7-9H2,2H3. The number of aliphatic hydroxyl groups excluding tert-OH is 1. The van der Waals surface area contributed by atoms with Crippen molar-refractivity contribution in [2.45, 2.75) is 25.7 Å². The van der Waals surface area contributed by atoms with Gasteiger partial charge in [-0.2, -0.15) is 0 Å². The third kappa shape index (κ3) is 1.91. The molecule has 0 atom stereocenters. The molecular formula is C14H15O. The van der Waals surface area contributed by atoms with Gasteiger partial charge in [-0.3, -0.25) is 0 Å². The first-order valence-electron chi connectivity index (χ1n) is 5.31. The molecule has 0 amide bonds. The van der Waals surface area contributed by atoms with Crippen molar-refractivity contribution in [3.05, 3.63) is 40.8 Å². The molecule has 1 nitrogen and oxygen atoms in total. The summed E-state index contributed by atoms with van der Waals surface area (Å²) in [6.45, 7) is 2.00. The minimum absolute atomic E-state index is 0.0722. The highest BCUT2D eigenvalue weighted by Crippen LogP contribution is 2.42. The topological polar surface area (TPSA) is 20.2 Å². The Morgan fingerprint density at radius 3 is 2.80 bits per heavy atom. The fourth-order valence-electron chi connectivity index (χ4n) is 1.91. The summed E-state index contributed by atoms with van der Waals surface area (Å²) in [7, 11) is 0. The van der Waals surface area contributed by atoms with E-state index < -0.39 is 0 Å². The highest BCUT2D eigenvalue weighted by Gasteiger charge is 2.27. The summed E-state index contributed by atoms with van der Waals surface area (Å²) in [5, 5.41) is 9.15. The van der Waals surface area contributed by atoms with E-state index in [1.54, 1.807) is 0 Å². The van der Waals surface area contributed by atoms with Gasteiger partial charge in [0.05, 0.1) is 6.61 Å². The van der Waals surface area contributed by atoms with Crippen LogP contribution in [-0.4, -0.2) is 11.7 Å². The lowest BCUT2D eigenvalue weighted by molar-refractivity contribution is 0.315. The molecule has 1 fully saturated rings. The molecule has 0 spiro atoms. The molecule has 1 aliphatic rings. The quantitative estimate of drug-likeness (QED) is 0.741. The highest BCUT2D eigenvalue weighted by atomic mass is 16.3. The second-order valence-electron chi connectivity index (χ2n) is 4.13. The van der Waals surface area contributed by atoms with Crippen molar-refractivity contribution in [1.29, 1.82) is 0 Å². The summed E-state index contributed by atoms with van der Waals surface area (Å²) in [6.07, 6.45) is 8.06. The Hall–Kier alpha value is -1.26. The Labute approximate surface area is 91.1 Å². The molecular weight excluding hydrogens is 184 g/mol. The van der Waals surface area contributed by atoms with Crippen LogP contribution in [0.25, 0.3) is 0 Å². The molecule has 1 N–H and O–H groups in total. The van der Waals surface area contributed by atoms with E-state index in [0.717, 1.165) is 17.0 Å². The molecule has 0 saturated heterocycles. The molecule has 0 aromatic heterocycles. The molecule has 1 saturated carbocycles. The molecule has 1 heteroatoms. The minimum Gasteiger partial charge on any atom is -0.395 e. The Balaban J connectivity index is 2.46. The maximum absolute atomic E-state index is 9.15. The molecule has 0 heterocycles. The average molecular weight is 199 g/mol. The number of aliphatic hydroxyl groups is 1. The summed E-state index contributed by atoms with van der Waals surface area (Å²) in [6, 6.07) is 6.14. The molecule has 0 unspecified atom stereocenters. The molecule has 77 valence electrons. The van der Waals surface area contributed by atoms with Gasteiger partial charge >= 0.3 is 0 Å². The Kier molecular flexibility index (Phi) is 2.79. The van der Waals surface area contributed by atoms with Gasteiger partial charge < -0.3 is 5.11 Å². The number of rotatable bonds is 3. The van der Waals surface area contributed by atoms with Crippen LogP contribution in [0.3, 0.4) is 0 Å². The smallest absolute Gasteiger partial charge is 0.0535 e. The fourth-order valence-corrected chi connectivity index (χ4v) is 1.91. The van der Waals surface area contributed by atoms with Gasteiger partial charge in [0.2, 0.25) is 0 Å². The lowest BCUT2D eigenvalue weighted by atomic mass is 9.91. The predicted octanol–water partition coefficient (Wildman–Crippen LogP) is 2.48. The first-order chi connectivity index (χ1) is 7.27. The minimum atomic E-state index is 0.0722. The van der Waals surface area contributed by atoms with Crippen LogP contribution in [0, 0.1) is 18.3 Å². The Bertz CT molecular complexity index is 396. The van der Waals surface area contributed by atoms with Gasteiger partial charge in [-0.15, -0.1) is 6.42 Å². The summed E-state index contributed by atoms with van der Waals surface area (Å²) in [5.41, 5.74) is 3.29. The summed E-state index contributed by atoms with van der Waals surface area (Å²) < 4.78 is 0. The fraction of sp³-hybridized carbons (Fsp3) is 0.357. The van der Waals surface area contributed by atoms with Gasteiger partial charge in [0.1, 0.15) is 0 Å². The normalized spacial score (nSPS) is 15.3. The number of hydrogen-bond donors (Lipinski definition) is 1. The molecule has 15 heavy (non-hydrogen) atoms. The number of benzene rings is 1. The van der Waals surface area contributed by atoms with Crippen molar-refractivity contribution in [3.63, 3.8) is 0 Å². The van der Waals surface area contributed by atoms with Crippen molar-refractivity contribution in [2.75, 3.05) is 6.61 Å². The summed E-state index contributed by atoms with van der Waals surface area (Å²) in [5.74, 6) is 4.37. The van der Waals surface area contributed by atoms with Crippen LogP contribution in [0.1, 0.15) is 42.4 Å². The average Bonchev–Trinajstić information content (AvgIpc) is 3.10. The predicted molar refractivity (Wildman–Crippen MR) is 61.5 cm³/mol. The van der Waals surface area contributed by atoms with Crippen molar-refractivity contribution in [1.82, 2.24) is 0 Å². The van der Waals surface area contributed by atoms with Crippen LogP contribution in [0.5, 0.6) is 0 Å². The first-order valence-corrected chi connectivity index (χ1v) is 5.31. The third-order valence-electron chi connectivity index (χ3n) is 2.96. The lowest BCUT2D eigenvalue weighted by Crippen LogP contribution is -2.04. The monoisotopic (exact) mass is 199 g/mol. The van der Waals surface area contributed by atoms with E-state index in [1.807, 2.05) is 19.1 Å². The van der Waals surface area contributed by atoms with Gasteiger partial charge in [-0.05, 0) is 29.9 Å². The van der Waals surface area contributed by atoms with Gasteiger partial charge in [-0.1, -0.05) is 31.0 Å². The van der Waals surface area contributed by atoms with E-state index in [4.69, 9.17) is 11.5 Å². The van der Waals surface area contributed by atoms with E-state index in [-0.39, 0.29) is 6.61 Å². The van der Waals surface area contributed by atoms with Crippen LogP contribution in [0.4, 0.5) is 0 Å². The van der Waals surface area contributed by atoms with Crippen molar-refractivity contribution in [2.24, 2.45) is 0 Å². The SMILES string of the molecule is C#Cc1c([C](C)CO)cccc1C1CC1. The molecule has 1 aliphatic carbocycles. The maximum Gasteiger partial charge on any atom is 0.0535 e. The van der Waals surface area contributed by atoms with E-state index in [9.17, 15) is 0 Å². The third-order valence-corrected chi connectivity index (χ3v) is 2.96. The zero-order chi connectivity index (χ0) is 10.8. The highest BCUT2D eigenvalue weighted by molar-refractivity contribution is 5.53. The van der Waals surface area contributed by atoms with Crippen molar-refractivity contribution in [3.8, 4) is 12.3 Å². The molecule has 2 rings (SSSR count). The van der Waals surface area contributed by atoms with Crippen LogP contribution >= 0.6 is 0 Å². The van der Waals surface area contributed by atoms with Gasteiger partial charge in [0, 0.05) is 11.5 Å². The van der Waals surface area contributed by atoms with Gasteiger partial charge in [-0.25, -0.2) is 0 Å².